The first-order valence-corrected chi connectivity index (χ1v) is 8.14. The van der Waals surface area contributed by atoms with E-state index < -0.39 is 17.4 Å². The molecule has 2 heterocycles. The lowest BCUT2D eigenvalue weighted by Gasteiger charge is -2.44. The maximum absolute atomic E-state index is 12.9. The van der Waals surface area contributed by atoms with Gasteiger partial charge in [0.1, 0.15) is 6.04 Å². The van der Waals surface area contributed by atoms with Gasteiger partial charge >= 0.3 is 5.97 Å². The monoisotopic (exact) mass is 316 g/mol. The summed E-state index contributed by atoms with van der Waals surface area (Å²) in [4.78, 5) is 28.3. The number of hydrogen-bond donors (Lipinski definition) is 2. The molecule has 0 aromatic carbocycles. The molecular formula is C17H20N2O4. The van der Waals surface area contributed by atoms with E-state index in [1.54, 1.807) is 24.5 Å². The summed E-state index contributed by atoms with van der Waals surface area (Å²) < 4.78 is 5.91. The number of hydrogen-bond acceptors (Lipinski definition) is 4. The van der Waals surface area contributed by atoms with Gasteiger partial charge in [-0.15, -0.1) is 0 Å². The highest BCUT2D eigenvalue weighted by atomic mass is 16.5. The number of aromatic nitrogens is 1. The zero-order valence-corrected chi connectivity index (χ0v) is 12.8. The van der Waals surface area contributed by atoms with Gasteiger partial charge in [-0.1, -0.05) is 0 Å². The minimum atomic E-state index is -1.01. The number of aliphatic carboxylic acids is 1. The number of amides is 1. The van der Waals surface area contributed by atoms with Crippen LogP contribution in [0.2, 0.25) is 0 Å². The summed E-state index contributed by atoms with van der Waals surface area (Å²) in [5.74, 6) is -0.885. The summed E-state index contributed by atoms with van der Waals surface area (Å²) in [7, 11) is 0. The first kappa shape index (κ1) is 14.6. The van der Waals surface area contributed by atoms with Crippen molar-refractivity contribution in [3.8, 4) is 0 Å². The molecule has 1 amide bonds. The van der Waals surface area contributed by atoms with Crippen molar-refractivity contribution in [3.63, 3.8) is 0 Å². The van der Waals surface area contributed by atoms with Crippen LogP contribution in [-0.4, -0.2) is 40.2 Å². The minimum absolute atomic E-state index is 0.138. The molecule has 0 bridgehead atoms. The van der Waals surface area contributed by atoms with Crippen LogP contribution in [0.5, 0.6) is 0 Å². The number of fused-ring (bicyclic) bond motifs is 2. The molecule has 1 spiro atoms. The number of ether oxygens (including phenoxy) is 1. The van der Waals surface area contributed by atoms with E-state index in [4.69, 9.17) is 4.74 Å². The average molecular weight is 316 g/mol. The lowest BCUT2D eigenvalue weighted by Crippen LogP contribution is -2.55. The van der Waals surface area contributed by atoms with Crippen molar-refractivity contribution < 1.29 is 19.4 Å². The third kappa shape index (κ3) is 2.08. The SMILES string of the molecule is O=C(O)C(Cc1ccncc1)NC(=O)[C@]12C[C@H]1COC21CCC1. The fraction of sp³-hybridized carbons (Fsp3) is 0.588. The van der Waals surface area contributed by atoms with Crippen molar-refractivity contribution in [2.45, 2.75) is 43.7 Å². The van der Waals surface area contributed by atoms with Crippen LogP contribution in [0, 0.1) is 11.3 Å². The molecule has 2 saturated carbocycles. The van der Waals surface area contributed by atoms with E-state index in [1.807, 2.05) is 0 Å². The molecule has 0 radical (unpaired) electrons. The van der Waals surface area contributed by atoms with Gasteiger partial charge in [-0.2, -0.15) is 0 Å². The second-order valence-electron chi connectivity index (χ2n) is 6.96. The molecule has 2 N–H and O–H groups in total. The number of rotatable bonds is 5. The van der Waals surface area contributed by atoms with Crippen LogP contribution in [0.4, 0.5) is 0 Å². The highest BCUT2D eigenvalue weighted by Crippen LogP contribution is 2.71. The third-order valence-electron chi connectivity index (χ3n) is 5.84. The third-order valence-corrected chi connectivity index (χ3v) is 5.84. The van der Waals surface area contributed by atoms with Crippen molar-refractivity contribution >= 4 is 11.9 Å². The Kier molecular flexibility index (Phi) is 3.20. The van der Waals surface area contributed by atoms with Crippen LogP contribution >= 0.6 is 0 Å². The van der Waals surface area contributed by atoms with Crippen LogP contribution in [0.3, 0.4) is 0 Å². The van der Waals surface area contributed by atoms with Crippen molar-refractivity contribution in [1.29, 1.82) is 0 Å². The van der Waals surface area contributed by atoms with Crippen molar-refractivity contribution in [2.24, 2.45) is 11.3 Å². The Balaban J connectivity index is 1.49. The van der Waals surface area contributed by atoms with E-state index in [9.17, 15) is 14.7 Å². The second kappa shape index (κ2) is 5.03. The summed E-state index contributed by atoms with van der Waals surface area (Å²) in [6, 6.07) is 2.62. The smallest absolute Gasteiger partial charge is 0.326 e. The van der Waals surface area contributed by atoms with E-state index in [2.05, 4.69) is 10.3 Å². The molecule has 1 aromatic rings. The summed E-state index contributed by atoms with van der Waals surface area (Å²) in [5, 5.41) is 12.2. The van der Waals surface area contributed by atoms with Gasteiger partial charge in [-0.3, -0.25) is 9.78 Å². The van der Waals surface area contributed by atoms with Crippen molar-refractivity contribution in [1.82, 2.24) is 10.3 Å². The lowest BCUT2D eigenvalue weighted by atomic mass is 9.68. The predicted molar refractivity (Wildman–Crippen MR) is 80.6 cm³/mol. The summed E-state index contributed by atoms with van der Waals surface area (Å²) in [5.41, 5.74) is 0.0529. The van der Waals surface area contributed by atoms with E-state index in [-0.39, 0.29) is 23.8 Å². The van der Waals surface area contributed by atoms with E-state index in [1.165, 1.54) is 0 Å². The van der Waals surface area contributed by atoms with Gasteiger partial charge in [0.15, 0.2) is 0 Å². The van der Waals surface area contributed by atoms with Crippen molar-refractivity contribution in [2.75, 3.05) is 6.61 Å². The Morgan fingerprint density at radius 3 is 2.70 bits per heavy atom. The quantitative estimate of drug-likeness (QED) is 0.851. The summed E-state index contributed by atoms with van der Waals surface area (Å²) in [6.07, 6.45) is 7.26. The van der Waals surface area contributed by atoms with Gasteiger partial charge in [0.25, 0.3) is 0 Å². The van der Waals surface area contributed by atoms with Crippen LogP contribution in [-0.2, 0) is 20.7 Å². The van der Waals surface area contributed by atoms with Crippen LogP contribution < -0.4 is 5.32 Å². The Morgan fingerprint density at radius 2 is 2.13 bits per heavy atom. The zero-order valence-electron chi connectivity index (χ0n) is 12.8. The van der Waals surface area contributed by atoms with Crippen molar-refractivity contribution in [3.05, 3.63) is 30.1 Å². The normalized spacial score (nSPS) is 31.0. The predicted octanol–water partition coefficient (Wildman–Crippen LogP) is 1.15. The Morgan fingerprint density at radius 1 is 1.39 bits per heavy atom. The van der Waals surface area contributed by atoms with Crippen LogP contribution in [0.25, 0.3) is 0 Å². The average Bonchev–Trinajstić information content (AvgIpc) is 3.14. The molecule has 1 saturated heterocycles. The Labute approximate surface area is 134 Å². The van der Waals surface area contributed by atoms with Gasteiger partial charge in [0.2, 0.25) is 5.91 Å². The minimum Gasteiger partial charge on any atom is -0.480 e. The molecule has 3 aliphatic rings. The number of carboxylic acid groups (broad SMARTS) is 1. The molecule has 1 unspecified atom stereocenters. The van der Waals surface area contributed by atoms with Gasteiger partial charge in [-0.05, 0) is 43.4 Å². The highest BCUT2D eigenvalue weighted by molar-refractivity contribution is 5.91. The number of nitrogens with one attached hydrogen (secondary N) is 1. The maximum Gasteiger partial charge on any atom is 0.326 e. The number of nitrogens with zero attached hydrogens (tertiary/aromatic N) is 1. The molecule has 1 aliphatic heterocycles. The number of pyridine rings is 1. The van der Waals surface area contributed by atoms with E-state index >= 15 is 0 Å². The molecule has 3 atom stereocenters. The molecule has 3 fully saturated rings. The molecule has 4 rings (SSSR count). The molecule has 6 heteroatoms. The topological polar surface area (TPSA) is 88.5 Å². The first-order valence-electron chi connectivity index (χ1n) is 8.14. The first-order chi connectivity index (χ1) is 11.1. The van der Waals surface area contributed by atoms with E-state index in [0.29, 0.717) is 6.61 Å². The fourth-order valence-electron chi connectivity index (χ4n) is 4.29. The number of carbonyl (C=O) groups is 2. The summed E-state index contributed by atoms with van der Waals surface area (Å²) >= 11 is 0. The highest BCUT2D eigenvalue weighted by Gasteiger charge is 2.77. The van der Waals surface area contributed by atoms with Gasteiger partial charge in [0.05, 0.1) is 17.6 Å². The van der Waals surface area contributed by atoms with Gasteiger partial charge < -0.3 is 15.2 Å². The lowest BCUT2D eigenvalue weighted by molar-refractivity contribution is -0.153. The summed E-state index contributed by atoms with van der Waals surface area (Å²) in [6.45, 7) is 0.634. The zero-order chi connectivity index (χ0) is 16.1. The molecule has 122 valence electrons. The molecule has 2 aliphatic carbocycles. The van der Waals surface area contributed by atoms with E-state index in [0.717, 1.165) is 31.2 Å². The maximum atomic E-state index is 12.9. The van der Waals surface area contributed by atoms with Crippen LogP contribution in [0.1, 0.15) is 31.2 Å². The standard InChI is InChI=1S/C17H20N2O4/c20-14(21)13(8-11-2-6-18-7-3-11)19-15(22)17-9-12(17)10-23-16(17)4-1-5-16/h2-3,6-7,12-13H,1,4-5,8-10H2,(H,19,22)(H,20,21)/t12-,13?,17-/m0/s1. The van der Waals surface area contributed by atoms with Crippen LogP contribution in [0.15, 0.2) is 24.5 Å². The Bertz CT molecular complexity index is 643. The number of carboxylic acids is 1. The van der Waals surface area contributed by atoms with Gasteiger partial charge in [-0.25, -0.2) is 4.79 Å². The van der Waals surface area contributed by atoms with Gasteiger partial charge in [0, 0.05) is 24.7 Å². The second-order valence-corrected chi connectivity index (χ2v) is 6.96. The largest absolute Gasteiger partial charge is 0.480 e. The molecule has 23 heavy (non-hydrogen) atoms. The molecular weight excluding hydrogens is 296 g/mol. The molecule has 1 aromatic heterocycles. The molecule has 6 nitrogen and oxygen atoms in total. The number of carbonyl (C=O) groups excluding carboxylic acids is 1. The Hall–Kier alpha value is -1.95. The fourth-order valence-corrected chi connectivity index (χ4v) is 4.29.